The van der Waals surface area contributed by atoms with Gasteiger partial charge in [0.05, 0.1) is 6.04 Å². The lowest BCUT2D eigenvalue weighted by molar-refractivity contribution is 0.279. The molecule has 1 atom stereocenters. The zero-order chi connectivity index (χ0) is 12.1. The van der Waals surface area contributed by atoms with Crippen molar-refractivity contribution in [3.63, 3.8) is 0 Å². The Morgan fingerprint density at radius 2 is 2.06 bits per heavy atom. The summed E-state index contributed by atoms with van der Waals surface area (Å²) in [6.07, 6.45) is 0. The van der Waals surface area contributed by atoms with Crippen molar-refractivity contribution in [3.8, 4) is 0 Å². The van der Waals surface area contributed by atoms with Gasteiger partial charge >= 0.3 is 0 Å². The fraction of sp³-hybridized carbons (Fsp3) is 0.364. The molecule has 0 aromatic heterocycles. The maximum Gasteiger partial charge on any atom is 0.156 e. The lowest BCUT2D eigenvalue weighted by Gasteiger charge is -2.23. The molecule has 0 radical (unpaired) electrons. The molecule has 0 saturated carbocycles. The van der Waals surface area contributed by atoms with E-state index in [2.05, 4.69) is 5.16 Å². The van der Waals surface area contributed by atoms with Gasteiger partial charge in [-0.3, -0.25) is 4.90 Å². The number of hydrogen-bond acceptors (Lipinski definition) is 3. The van der Waals surface area contributed by atoms with Gasteiger partial charge in [-0.05, 0) is 31.7 Å². The molecule has 0 amide bonds. The molecule has 4 nitrogen and oxygen atoms in total. The molecule has 1 rings (SSSR count). The van der Waals surface area contributed by atoms with Crippen LogP contribution in [0.2, 0.25) is 5.02 Å². The first-order valence-electron chi connectivity index (χ1n) is 4.96. The first-order chi connectivity index (χ1) is 7.54. The fourth-order valence-electron chi connectivity index (χ4n) is 1.32. The number of nitrogens with two attached hydrogens (primary N) is 1. The maximum atomic E-state index is 8.58. The summed E-state index contributed by atoms with van der Waals surface area (Å²) in [4.78, 5) is 1.98. The molecule has 0 saturated heterocycles. The summed E-state index contributed by atoms with van der Waals surface area (Å²) in [5.41, 5.74) is 6.66. The lowest BCUT2D eigenvalue weighted by atomic mass is 10.2. The van der Waals surface area contributed by atoms with Crippen LogP contribution in [-0.2, 0) is 6.54 Å². The Bertz CT molecular complexity index is 364. The van der Waals surface area contributed by atoms with Crippen molar-refractivity contribution >= 4 is 17.4 Å². The van der Waals surface area contributed by atoms with Gasteiger partial charge in [0.2, 0.25) is 0 Å². The Morgan fingerprint density at radius 3 is 2.56 bits per heavy atom. The molecule has 0 aliphatic heterocycles. The summed E-state index contributed by atoms with van der Waals surface area (Å²) >= 11 is 5.80. The molecule has 0 aliphatic carbocycles. The smallest absolute Gasteiger partial charge is 0.156 e. The third kappa shape index (κ3) is 3.40. The average Bonchev–Trinajstić information content (AvgIpc) is 2.30. The Morgan fingerprint density at radius 1 is 1.50 bits per heavy atom. The molecule has 1 unspecified atom stereocenters. The highest BCUT2D eigenvalue weighted by Gasteiger charge is 2.13. The molecular weight excluding hydrogens is 226 g/mol. The van der Waals surface area contributed by atoms with Crippen molar-refractivity contribution in [3.05, 3.63) is 34.9 Å². The second kappa shape index (κ2) is 5.72. The van der Waals surface area contributed by atoms with Gasteiger partial charge in [0.15, 0.2) is 5.84 Å². The molecule has 3 N–H and O–H groups in total. The van der Waals surface area contributed by atoms with Crippen LogP contribution in [0, 0.1) is 0 Å². The van der Waals surface area contributed by atoms with Crippen molar-refractivity contribution in [2.75, 3.05) is 7.05 Å². The second-order valence-corrected chi connectivity index (χ2v) is 4.18. The highest BCUT2D eigenvalue weighted by Crippen LogP contribution is 2.11. The predicted octanol–water partition coefficient (Wildman–Crippen LogP) is 1.91. The van der Waals surface area contributed by atoms with Crippen LogP contribution in [0.25, 0.3) is 0 Å². The molecular formula is C11H16ClN3O. The van der Waals surface area contributed by atoms with E-state index < -0.39 is 0 Å². The van der Waals surface area contributed by atoms with Gasteiger partial charge in [0.25, 0.3) is 0 Å². The summed E-state index contributed by atoms with van der Waals surface area (Å²) in [6, 6.07) is 7.49. The van der Waals surface area contributed by atoms with Gasteiger partial charge in [0, 0.05) is 11.6 Å². The topological polar surface area (TPSA) is 61.9 Å². The predicted molar refractivity (Wildman–Crippen MR) is 65.8 cm³/mol. The highest BCUT2D eigenvalue weighted by atomic mass is 35.5. The van der Waals surface area contributed by atoms with Crippen molar-refractivity contribution in [1.29, 1.82) is 0 Å². The molecule has 1 aromatic rings. The minimum Gasteiger partial charge on any atom is -0.409 e. The van der Waals surface area contributed by atoms with Crippen molar-refractivity contribution in [1.82, 2.24) is 4.90 Å². The first kappa shape index (κ1) is 12.8. The van der Waals surface area contributed by atoms with Crippen LogP contribution in [-0.4, -0.2) is 29.0 Å². The van der Waals surface area contributed by atoms with E-state index in [0.717, 1.165) is 10.6 Å². The van der Waals surface area contributed by atoms with Gasteiger partial charge in [-0.25, -0.2) is 0 Å². The minimum atomic E-state index is -0.110. The second-order valence-electron chi connectivity index (χ2n) is 3.74. The normalized spacial score (nSPS) is 14.1. The summed E-state index contributed by atoms with van der Waals surface area (Å²) in [6.45, 7) is 2.60. The maximum absolute atomic E-state index is 8.58. The lowest BCUT2D eigenvalue weighted by Crippen LogP contribution is -2.40. The van der Waals surface area contributed by atoms with Crippen LogP contribution in [0.4, 0.5) is 0 Å². The standard InChI is InChI=1S/C11H16ClN3O/c1-8(11(13)14-16)15(2)7-9-3-5-10(12)6-4-9/h3-6,8,16H,7H2,1-2H3,(H2,13,14). The molecule has 0 aliphatic rings. The van der Waals surface area contributed by atoms with Crippen molar-refractivity contribution in [2.45, 2.75) is 19.5 Å². The van der Waals surface area contributed by atoms with Crippen LogP contribution >= 0.6 is 11.6 Å². The summed E-state index contributed by atoms with van der Waals surface area (Å²) < 4.78 is 0. The monoisotopic (exact) mass is 241 g/mol. The summed E-state index contributed by atoms with van der Waals surface area (Å²) in [5.74, 6) is 0.205. The van der Waals surface area contributed by atoms with Gasteiger partial charge in [-0.15, -0.1) is 0 Å². The molecule has 88 valence electrons. The molecule has 0 fully saturated rings. The Kier molecular flexibility index (Phi) is 4.58. The molecule has 0 bridgehead atoms. The van der Waals surface area contributed by atoms with Crippen molar-refractivity contribution < 1.29 is 5.21 Å². The van der Waals surface area contributed by atoms with Crippen LogP contribution in [0.5, 0.6) is 0 Å². The van der Waals surface area contributed by atoms with Crippen LogP contribution in [0.15, 0.2) is 29.4 Å². The van der Waals surface area contributed by atoms with E-state index in [1.54, 1.807) is 0 Å². The quantitative estimate of drug-likeness (QED) is 0.366. The van der Waals surface area contributed by atoms with E-state index in [9.17, 15) is 0 Å². The number of nitrogens with zero attached hydrogens (tertiary/aromatic N) is 2. The number of benzene rings is 1. The molecule has 0 spiro atoms. The summed E-state index contributed by atoms with van der Waals surface area (Å²) in [5, 5.41) is 12.3. The van der Waals surface area contributed by atoms with E-state index in [4.69, 9.17) is 22.5 Å². The van der Waals surface area contributed by atoms with E-state index in [-0.39, 0.29) is 11.9 Å². The van der Waals surface area contributed by atoms with Gasteiger partial charge in [-0.2, -0.15) is 0 Å². The van der Waals surface area contributed by atoms with E-state index in [1.165, 1.54) is 0 Å². The Hall–Kier alpha value is -1.26. The van der Waals surface area contributed by atoms with Crippen LogP contribution in [0.1, 0.15) is 12.5 Å². The average molecular weight is 242 g/mol. The number of amidine groups is 1. The molecule has 16 heavy (non-hydrogen) atoms. The number of oxime groups is 1. The van der Waals surface area contributed by atoms with Crippen LogP contribution < -0.4 is 5.73 Å². The molecule has 0 heterocycles. The number of halogens is 1. The van der Waals surface area contributed by atoms with E-state index in [0.29, 0.717) is 6.54 Å². The van der Waals surface area contributed by atoms with Gasteiger partial charge in [-0.1, -0.05) is 28.9 Å². The third-order valence-electron chi connectivity index (χ3n) is 2.55. The summed E-state index contributed by atoms with van der Waals surface area (Å²) in [7, 11) is 1.91. The molecule has 1 aromatic carbocycles. The van der Waals surface area contributed by atoms with Crippen LogP contribution in [0.3, 0.4) is 0 Å². The SMILES string of the molecule is CC(C(N)=NO)N(C)Cc1ccc(Cl)cc1. The third-order valence-corrected chi connectivity index (χ3v) is 2.80. The van der Waals surface area contributed by atoms with Gasteiger partial charge in [0.1, 0.15) is 0 Å². The molecule has 5 heteroatoms. The zero-order valence-corrected chi connectivity index (χ0v) is 10.1. The minimum absolute atomic E-state index is 0.110. The number of rotatable bonds is 4. The highest BCUT2D eigenvalue weighted by molar-refractivity contribution is 6.30. The number of likely N-dealkylation sites (N-methyl/N-ethyl adjacent to an activating group) is 1. The Labute approximate surface area is 100 Å². The fourth-order valence-corrected chi connectivity index (χ4v) is 1.45. The van der Waals surface area contributed by atoms with E-state index >= 15 is 0 Å². The van der Waals surface area contributed by atoms with E-state index in [1.807, 2.05) is 43.1 Å². The first-order valence-corrected chi connectivity index (χ1v) is 5.34. The number of hydrogen-bond donors (Lipinski definition) is 2. The van der Waals surface area contributed by atoms with Gasteiger partial charge < -0.3 is 10.9 Å². The Balaban J connectivity index is 2.64. The largest absolute Gasteiger partial charge is 0.409 e. The zero-order valence-electron chi connectivity index (χ0n) is 9.39. The van der Waals surface area contributed by atoms with Crippen molar-refractivity contribution in [2.24, 2.45) is 10.9 Å².